The van der Waals surface area contributed by atoms with Crippen molar-refractivity contribution in [2.45, 2.75) is 45.6 Å². The number of hydrogen-bond donors (Lipinski definition) is 2. The molecule has 21 heavy (non-hydrogen) atoms. The van der Waals surface area contributed by atoms with Crippen LogP contribution in [0.2, 0.25) is 0 Å². The Balaban J connectivity index is 2.03. The molecule has 1 saturated carbocycles. The summed E-state index contributed by atoms with van der Waals surface area (Å²) in [7, 11) is 0. The number of benzene rings is 1. The Morgan fingerprint density at radius 3 is 2.48 bits per heavy atom. The second-order valence-electron chi connectivity index (χ2n) is 5.80. The molecule has 0 aromatic heterocycles. The van der Waals surface area contributed by atoms with Crippen LogP contribution >= 0.6 is 0 Å². The van der Waals surface area contributed by atoms with E-state index in [4.69, 9.17) is 0 Å². The summed E-state index contributed by atoms with van der Waals surface area (Å²) in [6.07, 6.45) is 4.11. The molecule has 1 unspecified atom stereocenters. The molecule has 1 aromatic rings. The fourth-order valence-corrected chi connectivity index (χ4v) is 2.34. The van der Waals surface area contributed by atoms with Crippen molar-refractivity contribution in [3.8, 4) is 0 Å². The molecule has 0 spiro atoms. The standard InChI is InChI=1S/C16H22F2N2O/c1-3-6-19-15-13(17)8-12(9-14(15)18)16(21)20-10(2)7-11-4-5-11/h8-11,19H,3-7H2,1-2H3,(H,20,21). The Hall–Kier alpha value is -1.65. The van der Waals surface area contributed by atoms with Gasteiger partial charge in [0.05, 0.1) is 0 Å². The van der Waals surface area contributed by atoms with Crippen molar-refractivity contribution in [3.05, 3.63) is 29.3 Å². The number of carbonyl (C=O) groups is 1. The summed E-state index contributed by atoms with van der Waals surface area (Å²) < 4.78 is 27.7. The third kappa shape index (κ3) is 4.41. The fourth-order valence-electron chi connectivity index (χ4n) is 2.34. The van der Waals surface area contributed by atoms with Crippen LogP contribution < -0.4 is 10.6 Å². The Morgan fingerprint density at radius 1 is 1.33 bits per heavy atom. The second-order valence-corrected chi connectivity index (χ2v) is 5.80. The number of anilines is 1. The van der Waals surface area contributed by atoms with Crippen molar-refractivity contribution in [1.82, 2.24) is 5.32 Å². The first-order valence-electron chi connectivity index (χ1n) is 7.55. The summed E-state index contributed by atoms with van der Waals surface area (Å²) in [5.41, 5.74) is -0.144. The zero-order valence-corrected chi connectivity index (χ0v) is 12.5. The van der Waals surface area contributed by atoms with Gasteiger partial charge in [-0.15, -0.1) is 0 Å². The molecule has 116 valence electrons. The van der Waals surface area contributed by atoms with Gasteiger partial charge in [0.25, 0.3) is 5.91 Å². The van der Waals surface area contributed by atoms with E-state index in [1.807, 2.05) is 13.8 Å². The molecule has 5 heteroatoms. The summed E-state index contributed by atoms with van der Waals surface area (Å²) in [4.78, 5) is 12.0. The SMILES string of the molecule is CCCNc1c(F)cc(C(=O)NC(C)CC2CC2)cc1F. The Bertz CT molecular complexity index is 492. The molecular weight excluding hydrogens is 274 g/mol. The number of amides is 1. The maximum Gasteiger partial charge on any atom is 0.251 e. The van der Waals surface area contributed by atoms with E-state index in [0.29, 0.717) is 12.5 Å². The fraction of sp³-hybridized carbons (Fsp3) is 0.562. The van der Waals surface area contributed by atoms with Crippen LogP contribution in [-0.4, -0.2) is 18.5 Å². The number of hydrogen-bond acceptors (Lipinski definition) is 2. The second kappa shape index (κ2) is 6.87. The first kappa shape index (κ1) is 15.7. The zero-order chi connectivity index (χ0) is 15.4. The molecule has 1 aromatic carbocycles. The number of rotatable bonds is 7. The molecule has 0 saturated heterocycles. The quantitative estimate of drug-likeness (QED) is 0.805. The van der Waals surface area contributed by atoms with Gasteiger partial charge in [-0.1, -0.05) is 19.8 Å². The highest BCUT2D eigenvalue weighted by Gasteiger charge is 2.24. The summed E-state index contributed by atoms with van der Waals surface area (Å²) in [5.74, 6) is -1.20. The predicted octanol–water partition coefficient (Wildman–Crippen LogP) is 3.71. The first-order valence-corrected chi connectivity index (χ1v) is 7.55. The van der Waals surface area contributed by atoms with Crippen LogP contribution in [0.5, 0.6) is 0 Å². The highest BCUT2D eigenvalue weighted by molar-refractivity contribution is 5.94. The van der Waals surface area contributed by atoms with Crippen LogP contribution in [0, 0.1) is 17.6 Å². The van der Waals surface area contributed by atoms with Crippen LogP contribution in [0.4, 0.5) is 14.5 Å². The Morgan fingerprint density at radius 2 is 1.95 bits per heavy atom. The van der Waals surface area contributed by atoms with Gasteiger partial charge in [0, 0.05) is 18.2 Å². The van der Waals surface area contributed by atoms with Gasteiger partial charge in [-0.25, -0.2) is 8.78 Å². The van der Waals surface area contributed by atoms with E-state index in [-0.39, 0.29) is 17.3 Å². The van der Waals surface area contributed by atoms with Crippen LogP contribution in [-0.2, 0) is 0 Å². The van der Waals surface area contributed by atoms with Crippen molar-refractivity contribution in [3.63, 3.8) is 0 Å². The van der Waals surface area contributed by atoms with E-state index in [0.717, 1.165) is 25.0 Å². The summed E-state index contributed by atoms with van der Waals surface area (Å²) in [6, 6.07) is 2.19. The highest BCUT2D eigenvalue weighted by Crippen LogP contribution is 2.33. The molecule has 1 atom stereocenters. The van der Waals surface area contributed by atoms with Crippen molar-refractivity contribution in [1.29, 1.82) is 0 Å². The molecule has 1 amide bonds. The molecule has 0 radical (unpaired) electrons. The number of carbonyl (C=O) groups excluding carboxylic acids is 1. The lowest BCUT2D eigenvalue weighted by Gasteiger charge is -2.14. The molecule has 2 rings (SSSR count). The van der Waals surface area contributed by atoms with Gasteiger partial charge in [-0.2, -0.15) is 0 Å². The largest absolute Gasteiger partial charge is 0.380 e. The first-order chi connectivity index (χ1) is 10.0. The Labute approximate surface area is 124 Å². The molecule has 0 heterocycles. The van der Waals surface area contributed by atoms with E-state index in [2.05, 4.69) is 10.6 Å². The van der Waals surface area contributed by atoms with E-state index in [9.17, 15) is 13.6 Å². The zero-order valence-electron chi connectivity index (χ0n) is 12.5. The van der Waals surface area contributed by atoms with Gasteiger partial charge in [0.1, 0.15) is 17.3 Å². The lowest BCUT2D eigenvalue weighted by Crippen LogP contribution is -2.33. The van der Waals surface area contributed by atoms with Crippen LogP contribution in [0.15, 0.2) is 12.1 Å². The average molecular weight is 296 g/mol. The van der Waals surface area contributed by atoms with Crippen LogP contribution in [0.3, 0.4) is 0 Å². The third-order valence-electron chi connectivity index (χ3n) is 3.62. The third-order valence-corrected chi connectivity index (χ3v) is 3.62. The van der Waals surface area contributed by atoms with Gasteiger partial charge < -0.3 is 10.6 Å². The van der Waals surface area contributed by atoms with Gasteiger partial charge >= 0.3 is 0 Å². The van der Waals surface area contributed by atoms with Crippen LogP contribution in [0.25, 0.3) is 0 Å². The maximum absolute atomic E-state index is 13.9. The lowest BCUT2D eigenvalue weighted by atomic mass is 10.1. The molecule has 1 aliphatic rings. The highest BCUT2D eigenvalue weighted by atomic mass is 19.1. The molecular formula is C16H22F2N2O. The van der Waals surface area contributed by atoms with E-state index >= 15 is 0 Å². The molecule has 0 aliphatic heterocycles. The number of halogens is 2. The summed E-state index contributed by atoms with van der Waals surface area (Å²) in [6.45, 7) is 4.31. The van der Waals surface area contributed by atoms with Gasteiger partial charge in [0.2, 0.25) is 0 Å². The van der Waals surface area contributed by atoms with Crippen molar-refractivity contribution >= 4 is 11.6 Å². The minimum Gasteiger partial charge on any atom is -0.380 e. The van der Waals surface area contributed by atoms with Crippen molar-refractivity contribution in [2.75, 3.05) is 11.9 Å². The van der Waals surface area contributed by atoms with Crippen molar-refractivity contribution in [2.24, 2.45) is 5.92 Å². The minimum absolute atomic E-state index is 0.0222. The topological polar surface area (TPSA) is 41.1 Å². The van der Waals surface area contributed by atoms with E-state index in [1.165, 1.54) is 12.8 Å². The molecule has 2 N–H and O–H groups in total. The maximum atomic E-state index is 13.9. The monoisotopic (exact) mass is 296 g/mol. The van der Waals surface area contributed by atoms with E-state index in [1.54, 1.807) is 0 Å². The van der Waals surface area contributed by atoms with Crippen molar-refractivity contribution < 1.29 is 13.6 Å². The minimum atomic E-state index is -0.733. The number of nitrogens with one attached hydrogen (secondary N) is 2. The van der Waals surface area contributed by atoms with Gasteiger partial charge in [0.15, 0.2) is 0 Å². The smallest absolute Gasteiger partial charge is 0.251 e. The van der Waals surface area contributed by atoms with Gasteiger partial charge in [-0.3, -0.25) is 4.79 Å². The molecule has 0 bridgehead atoms. The summed E-state index contributed by atoms with van der Waals surface area (Å²) in [5, 5.41) is 5.48. The average Bonchev–Trinajstić information content (AvgIpc) is 3.21. The van der Waals surface area contributed by atoms with Crippen LogP contribution in [0.1, 0.15) is 49.9 Å². The summed E-state index contributed by atoms with van der Waals surface area (Å²) >= 11 is 0. The Kier molecular flexibility index (Phi) is 5.15. The normalized spacial score (nSPS) is 15.6. The predicted molar refractivity (Wildman–Crippen MR) is 79.4 cm³/mol. The molecule has 1 fully saturated rings. The molecule has 1 aliphatic carbocycles. The molecule has 3 nitrogen and oxygen atoms in total. The van der Waals surface area contributed by atoms with E-state index < -0.39 is 17.5 Å². The lowest BCUT2D eigenvalue weighted by molar-refractivity contribution is 0.0936. The van der Waals surface area contributed by atoms with Gasteiger partial charge in [-0.05, 0) is 37.8 Å².